The number of nitrogens with zero attached hydrogens (tertiary/aromatic N) is 2. The minimum Gasteiger partial charge on any atom is -0.488 e. The SMILES string of the molecule is Cc1ccc(CN2CC(Oc3ccncc3)C2)s1. The van der Waals surface area contributed by atoms with Crippen LogP contribution in [0.4, 0.5) is 0 Å². The number of thiophene rings is 1. The van der Waals surface area contributed by atoms with Crippen LogP contribution >= 0.6 is 11.3 Å². The van der Waals surface area contributed by atoms with Gasteiger partial charge in [0.15, 0.2) is 0 Å². The summed E-state index contributed by atoms with van der Waals surface area (Å²) < 4.78 is 5.85. The van der Waals surface area contributed by atoms with Gasteiger partial charge in [0, 0.05) is 41.8 Å². The molecule has 94 valence electrons. The highest BCUT2D eigenvalue weighted by Crippen LogP contribution is 2.22. The first-order valence-electron chi connectivity index (χ1n) is 6.14. The second-order valence-corrected chi connectivity index (χ2v) is 6.00. The van der Waals surface area contributed by atoms with Crippen LogP contribution in [-0.4, -0.2) is 29.1 Å². The van der Waals surface area contributed by atoms with Gasteiger partial charge in [0.05, 0.1) is 0 Å². The predicted octanol–water partition coefficient (Wildman–Crippen LogP) is 2.71. The van der Waals surface area contributed by atoms with Crippen molar-refractivity contribution in [3.8, 4) is 5.75 Å². The maximum atomic E-state index is 5.85. The summed E-state index contributed by atoms with van der Waals surface area (Å²) >= 11 is 1.88. The van der Waals surface area contributed by atoms with Gasteiger partial charge in [0.25, 0.3) is 0 Å². The molecule has 2 aromatic heterocycles. The van der Waals surface area contributed by atoms with Gasteiger partial charge in [-0.15, -0.1) is 11.3 Å². The van der Waals surface area contributed by atoms with E-state index in [9.17, 15) is 0 Å². The highest BCUT2D eigenvalue weighted by molar-refractivity contribution is 7.11. The Balaban J connectivity index is 1.46. The largest absolute Gasteiger partial charge is 0.488 e. The molecule has 0 aromatic carbocycles. The van der Waals surface area contributed by atoms with E-state index in [0.29, 0.717) is 6.10 Å². The molecule has 0 amide bonds. The van der Waals surface area contributed by atoms with E-state index in [-0.39, 0.29) is 0 Å². The summed E-state index contributed by atoms with van der Waals surface area (Å²) in [5, 5.41) is 0. The molecule has 1 fully saturated rings. The summed E-state index contributed by atoms with van der Waals surface area (Å²) in [7, 11) is 0. The van der Waals surface area contributed by atoms with Gasteiger partial charge in [0.2, 0.25) is 0 Å². The normalized spacial score (nSPS) is 16.5. The summed E-state index contributed by atoms with van der Waals surface area (Å²) in [6, 6.07) is 8.22. The zero-order valence-corrected chi connectivity index (χ0v) is 11.2. The van der Waals surface area contributed by atoms with Crippen LogP contribution in [0.25, 0.3) is 0 Å². The van der Waals surface area contributed by atoms with Crippen molar-refractivity contribution >= 4 is 11.3 Å². The Kier molecular flexibility index (Phi) is 3.30. The van der Waals surface area contributed by atoms with Crippen LogP contribution in [0.2, 0.25) is 0 Å². The molecule has 2 aromatic rings. The topological polar surface area (TPSA) is 25.4 Å². The van der Waals surface area contributed by atoms with Gasteiger partial charge in [0.1, 0.15) is 11.9 Å². The van der Waals surface area contributed by atoms with Crippen LogP contribution in [0.5, 0.6) is 5.75 Å². The first-order chi connectivity index (χ1) is 8.79. The van der Waals surface area contributed by atoms with Gasteiger partial charge in [-0.25, -0.2) is 0 Å². The number of hydrogen-bond acceptors (Lipinski definition) is 4. The molecule has 0 atom stereocenters. The van der Waals surface area contributed by atoms with Crippen molar-refractivity contribution in [3.05, 3.63) is 46.4 Å². The molecule has 0 unspecified atom stereocenters. The molecule has 1 saturated heterocycles. The van der Waals surface area contributed by atoms with E-state index >= 15 is 0 Å². The van der Waals surface area contributed by atoms with Crippen LogP contribution in [-0.2, 0) is 6.54 Å². The van der Waals surface area contributed by atoms with Crippen LogP contribution < -0.4 is 4.74 Å². The first-order valence-corrected chi connectivity index (χ1v) is 6.95. The molecule has 3 heterocycles. The summed E-state index contributed by atoms with van der Waals surface area (Å²) in [5.41, 5.74) is 0. The number of aryl methyl sites for hydroxylation is 1. The van der Waals surface area contributed by atoms with Gasteiger partial charge in [-0.1, -0.05) is 0 Å². The number of likely N-dealkylation sites (tertiary alicyclic amines) is 1. The van der Waals surface area contributed by atoms with Gasteiger partial charge in [-0.3, -0.25) is 9.88 Å². The summed E-state index contributed by atoms with van der Waals surface area (Å²) in [6.07, 6.45) is 3.86. The van der Waals surface area contributed by atoms with Crippen molar-refractivity contribution in [2.24, 2.45) is 0 Å². The van der Waals surface area contributed by atoms with Crippen LogP contribution in [0.1, 0.15) is 9.75 Å². The molecular formula is C14H16N2OS. The fraction of sp³-hybridized carbons (Fsp3) is 0.357. The maximum Gasteiger partial charge on any atom is 0.124 e. The Bertz CT molecular complexity index is 506. The molecule has 3 nitrogen and oxygen atoms in total. The summed E-state index contributed by atoms with van der Waals surface area (Å²) in [5.74, 6) is 0.918. The van der Waals surface area contributed by atoms with Crippen molar-refractivity contribution < 1.29 is 4.74 Å². The Morgan fingerprint density at radius 3 is 2.72 bits per heavy atom. The minimum atomic E-state index is 0.327. The molecule has 0 spiro atoms. The minimum absolute atomic E-state index is 0.327. The Labute approximate surface area is 111 Å². The smallest absolute Gasteiger partial charge is 0.124 e. The highest BCUT2D eigenvalue weighted by atomic mass is 32.1. The maximum absolute atomic E-state index is 5.85. The molecular weight excluding hydrogens is 244 g/mol. The van der Waals surface area contributed by atoms with E-state index < -0.39 is 0 Å². The number of rotatable bonds is 4. The Morgan fingerprint density at radius 1 is 1.28 bits per heavy atom. The van der Waals surface area contributed by atoms with Crippen molar-refractivity contribution in [1.82, 2.24) is 9.88 Å². The van der Waals surface area contributed by atoms with Crippen molar-refractivity contribution in [3.63, 3.8) is 0 Å². The van der Waals surface area contributed by atoms with E-state index in [1.807, 2.05) is 23.5 Å². The lowest BCUT2D eigenvalue weighted by Crippen LogP contribution is -2.52. The number of aromatic nitrogens is 1. The monoisotopic (exact) mass is 260 g/mol. The van der Waals surface area contributed by atoms with E-state index in [1.54, 1.807) is 12.4 Å². The number of pyridine rings is 1. The molecule has 0 bridgehead atoms. The van der Waals surface area contributed by atoms with Crippen LogP contribution in [0, 0.1) is 6.92 Å². The van der Waals surface area contributed by atoms with Crippen molar-refractivity contribution in [2.45, 2.75) is 19.6 Å². The lowest BCUT2D eigenvalue weighted by atomic mass is 10.1. The van der Waals surface area contributed by atoms with E-state index in [1.165, 1.54) is 9.75 Å². The molecule has 1 aliphatic rings. The van der Waals surface area contributed by atoms with Gasteiger partial charge in [-0.05, 0) is 31.2 Å². The lowest BCUT2D eigenvalue weighted by Gasteiger charge is -2.38. The third-order valence-corrected chi connectivity index (χ3v) is 4.04. The zero-order chi connectivity index (χ0) is 12.4. The van der Waals surface area contributed by atoms with E-state index in [4.69, 9.17) is 4.74 Å². The van der Waals surface area contributed by atoms with Gasteiger partial charge >= 0.3 is 0 Å². The Morgan fingerprint density at radius 2 is 2.06 bits per heavy atom. The molecule has 0 N–H and O–H groups in total. The predicted molar refractivity (Wildman–Crippen MR) is 73.0 cm³/mol. The third kappa shape index (κ3) is 2.71. The second kappa shape index (κ2) is 5.08. The molecule has 0 aliphatic carbocycles. The average molecular weight is 260 g/mol. The highest BCUT2D eigenvalue weighted by Gasteiger charge is 2.28. The molecule has 18 heavy (non-hydrogen) atoms. The fourth-order valence-corrected chi connectivity index (χ4v) is 3.06. The first kappa shape index (κ1) is 11.7. The van der Waals surface area contributed by atoms with Crippen LogP contribution in [0.15, 0.2) is 36.7 Å². The van der Waals surface area contributed by atoms with Gasteiger partial charge in [-0.2, -0.15) is 0 Å². The second-order valence-electron chi connectivity index (χ2n) is 4.63. The quantitative estimate of drug-likeness (QED) is 0.845. The van der Waals surface area contributed by atoms with E-state index in [0.717, 1.165) is 25.4 Å². The van der Waals surface area contributed by atoms with E-state index in [2.05, 4.69) is 28.9 Å². The zero-order valence-electron chi connectivity index (χ0n) is 10.4. The molecule has 3 rings (SSSR count). The van der Waals surface area contributed by atoms with Crippen LogP contribution in [0.3, 0.4) is 0 Å². The molecule has 1 aliphatic heterocycles. The average Bonchev–Trinajstić information content (AvgIpc) is 2.73. The molecule has 0 radical (unpaired) electrons. The lowest BCUT2D eigenvalue weighted by molar-refractivity contribution is 0.0151. The number of ether oxygens (including phenoxy) is 1. The Hall–Kier alpha value is -1.39. The van der Waals surface area contributed by atoms with Crippen molar-refractivity contribution in [1.29, 1.82) is 0 Å². The fourth-order valence-electron chi connectivity index (χ4n) is 2.13. The molecule has 0 saturated carbocycles. The van der Waals surface area contributed by atoms with Crippen molar-refractivity contribution in [2.75, 3.05) is 13.1 Å². The third-order valence-electron chi connectivity index (χ3n) is 3.05. The number of hydrogen-bond donors (Lipinski definition) is 0. The molecule has 4 heteroatoms. The summed E-state index contributed by atoms with van der Waals surface area (Å²) in [6.45, 7) is 5.23. The standard InChI is InChI=1S/C14H16N2OS/c1-11-2-3-14(18-11)10-16-8-13(9-16)17-12-4-6-15-7-5-12/h2-7,13H,8-10H2,1H3. The summed E-state index contributed by atoms with van der Waals surface area (Å²) in [4.78, 5) is 9.22. The van der Waals surface area contributed by atoms with Gasteiger partial charge < -0.3 is 4.74 Å².